The first-order valence-corrected chi connectivity index (χ1v) is 6.17. The van der Waals surface area contributed by atoms with E-state index in [9.17, 15) is 9.59 Å². The molecule has 1 aliphatic heterocycles. The number of amides is 2. The summed E-state index contributed by atoms with van der Waals surface area (Å²) in [5.74, 6) is -0.241. The van der Waals surface area contributed by atoms with Gasteiger partial charge in [0.1, 0.15) is 11.5 Å². The van der Waals surface area contributed by atoms with E-state index in [4.69, 9.17) is 11.5 Å². The van der Waals surface area contributed by atoms with Crippen LogP contribution >= 0.6 is 0 Å². The number of aromatic amines is 1. The van der Waals surface area contributed by atoms with Gasteiger partial charge in [-0.3, -0.25) is 19.6 Å². The van der Waals surface area contributed by atoms with Gasteiger partial charge < -0.3 is 16.8 Å². The number of anilines is 1. The molecule has 8 nitrogen and oxygen atoms in total. The lowest BCUT2D eigenvalue weighted by Gasteiger charge is -2.31. The maximum atomic E-state index is 11.9. The van der Waals surface area contributed by atoms with Crippen molar-refractivity contribution in [3.8, 4) is 0 Å². The van der Waals surface area contributed by atoms with Gasteiger partial charge in [-0.15, -0.1) is 0 Å². The number of nitrogen functional groups attached to an aromatic ring is 1. The molecule has 0 spiro atoms. The average Bonchev–Trinajstić information content (AvgIpc) is 2.78. The highest BCUT2D eigenvalue weighted by Gasteiger charge is 2.22. The number of H-pyrrole nitrogens is 1. The molecule has 0 unspecified atom stereocenters. The second kappa shape index (κ2) is 5.70. The van der Waals surface area contributed by atoms with E-state index in [0.29, 0.717) is 11.5 Å². The van der Waals surface area contributed by atoms with Gasteiger partial charge in [-0.05, 0) is 12.8 Å². The average molecular weight is 266 g/mol. The maximum Gasteiger partial charge on any atom is 0.269 e. The largest absolute Gasteiger partial charge is 0.382 e. The van der Waals surface area contributed by atoms with Crippen molar-refractivity contribution in [1.29, 1.82) is 0 Å². The number of aromatic nitrogens is 2. The molecule has 0 aromatic carbocycles. The molecule has 1 fully saturated rings. The first-order valence-electron chi connectivity index (χ1n) is 6.17. The molecule has 2 heterocycles. The third kappa shape index (κ3) is 3.68. The minimum Gasteiger partial charge on any atom is -0.382 e. The first-order chi connectivity index (χ1) is 9.04. The van der Waals surface area contributed by atoms with Crippen LogP contribution in [0.3, 0.4) is 0 Å². The zero-order valence-corrected chi connectivity index (χ0v) is 10.6. The minimum absolute atomic E-state index is 0.0983. The maximum absolute atomic E-state index is 11.9. The number of carbonyl (C=O) groups is 2. The molecule has 0 radical (unpaired) electrons. The lowest BCUT2D eigenvalue weighted by molar-refractivity contribution is -0.119. The van der Waals surface area contributed by atoms with Crippen LogP contribution in [-0.2, 0) is 4.79 Å². The Labute approximate surface area is 110 Å². The lowest BCUT2D eigenvalue weighted by Crippen LogP contribution is -2.46. The Morgan fingerprint density at radius 2 is 2.16 bits per heavy atom. The standard InChI is InChI=1S/C11H18N6O2/c12-9-5-8(15-16-9)11(19)14-7-1-3-17(4-2-7)6-10(13)18/h5,7H,1-4,6H2,(H2,13,18)(H,14,19)(H3,12,15,16). The van der Waals surface area contributed by atoms with Gasteiger partial charge in [0.2, 0.25) is 5.91 Å². The topological polar surface area (TPSA) is 130 Å². The highest BCUT2D eigenvalue weighted by atomic mass is 16.2. The molecule has 0 atom stereocenters. The molecular weight excluding hydrogens is 248 g/mol. The summed E-state index contributed by atoms with van der Waals surface area (Å²) in [5.41, 5.74) is 10.9. The summed E-state index contributed by atoms with van der Waals surface area (Å²) < 4.78 is 0. The Morgan fingerprint density at radius 1 is 1.47 bits per heavy atom. The number of nitrogens with one attached hydrogen (secondary N) is 2. The third-order valence-electron chi connectivity index (χ3n) is 3.14. The van der Waals surface area contributed by atoms with Gasteiger partial charge in [-0.1, -0.05) is 0 Å². The zero-order valence-electron chi connectivity index (χ0n) is 10.6. The summed E-state index contributed by atoms with van der Waals surface area (Å²) in [7, 11) is 0. The third-order valence-corrected chi connectivity index (χ3v) is 3.14. The van der Waals surface area contributed by atoms with Crippen LogP contribution in [0.5, 0.6) is 0 Å². The number of nitrogens with zero attached hydrogens (tertiary/aromatic N) is 2. The van der Waals surface area contributed by atoms with E-state index in [-0.39, 0.29) is 24.4 Å². The van der Waals surface area contributed by atoms with Crippen LogP contribution < -0.4 is 16.8 Å². The predicted molar refractivity (Wildman–Crippen MR) is 69.1 cm³/mol. The molecule has 104 valence electrons. The number of primary amides is 1. The van der Waals surface area contributed by atoms with Crippen LogP contribution in [0.25, 0.3) is 0 Å². The summed E-state index contributed by atoms with van der Waals surface area (Å²) in [6, 6.07) is 1.60. The van der Waals surface area contributed by atoms with Crippen LogP contribution in [0, 0.1) is 0 Å². The molecule has 19 heavy (non-hydrogen) atoms. The quantitative estimate of drug-likeness (QED) is 0.536. The second-order valence-corrected chi connectivity index (χ2v) is 4.70. The van der Waals surface area contributed by atoms with Crippen molar-refractivity contribution in [1.82, 2.24) is 20.4 Å². The van der Waals surface area contributed by atoms with Gasteiger partial charge >= 0.3 is 0 Å². The monoisotopic (exact) mass is 266 g/mol. The van der Waals surface area contributed by atoms with Crippen molar-refractivity contribution in [2.24, 2.45) is 5.73 Å². The summed E-state index contributed by atoms with van der Waals surface area (Å²) in [6.07, 6.45) is 1.59. The van der Waals surface area contributed by atoms with Gasteiger partial charge in [0.15, 0.2) is 0 Å². The van der Waals surface area contributed by atoms with Crippen molar-refractivity contribution in [2.45, 2.75) is 18.9 Å². The molecule has 6 N–H and O–H groups in total. The second-order valence-electron chi connectivity index (χ2n) is 4.70. The minimum atomic E-state index is -0.324. The zero-order chi connectivity index (χ0) is 13.8. The highest BCUT2D eigenvalue weighted by molar-refractivity contribution is 5.93. The number of carbonyl (C=O) groups excluding carboxylic acids is 2. The summed E-state index contributed by atoms with van der Waals surface area (Å²) in [4.78, 5) is 24.6. The van der Waals surface area contributed by atoms with Gasteiger partial charge in [-0.2, -0.15) is 5.10 Å². The Hall–Kier alpha value is -2.09. The van der Waals surface area contributed by atoms with Crippen molar-refractivity contribution in [2.75, 3.05) is 25.4 Å². The normalized spacial score (nSPS) is 17.3. The van der Waals surface area contributed by atoms with Crippen LogP contribution in [-0.4, -0.2) is 52.6 Å². The lowest BCUT2D eigenvalue weighted by atomic mass is 10.0. The van der Waals surface area contributed by atoms with Crippen molar-refractivity contribution in [3.63, 3.8) is 0 Å². The number of piperidine rings is 1. The SMILES string of the molecule is NC(=O)CN1CCC(NC(=O)c2cc(N)n[nH]2)CC1. The van der Waals surface area contributed by atoms with Crippen LogP contribution in [0.4, 0.5) is 5.82 Å². The van der Waals surface area contributed by atoms with E-state index in [1.807, 2.05) is 4.90 Å². The van der Waals surface area contributed by atoms with E-state index in [0.717, 1.165) is 25.9 Å². The summed E-state index contributed by atoms with van der Waals surface area (Å²) in [6.45, 7) is 1.77. The molecule has 0 bridgehead atoms. The molecule has 1 aromatic heterocycles. The fourth-order valence-corrected chi connectivity index (χ4v) is 2.17. The van der Waals surface area contributed by atoms with Crippen molar-refractivity contribution < 1.29 is 9.59 Å². The highest BCUT2D eigenvalue weighted by Crippen LogP contribution is 2.11. The fourth-order valence-electron chi connectivity index (χ4n) is 2.17. The molecule has 1 aliphatic rings. The van der Waals surface area contributed by atoms with E-state index in [1.165, 1.54) is 6.07 Å². The number of hydrogen-bond donors (Lipinski definition) is 4. The molecule has 2 rings (SSSR count). The Balaban J connectivity index is 1.79. The first kappa shape index (κ1) is 13.3. The number of hydrogen-bond acceptors (Lipinski definition) is 5. The Morgan fingerprint density at radius 3 is 2.68 bits per heavy atom. The van der Waals surface area contributed by atoms with E-state index in [1.54, 1.807) is 0 Å². The van der Waals surface area contributed by atoms with Crippen LogP contribution in [0.1, 0.15) is 23.3 Å². The molecule has 0 aliphatic carbocycles. The predicted octanol–water partition coefficient (Wildman–Crippen LogP) is -1.33. The number of rotatable bonds is 4. The summed E-state index contributed by atoms with van der Waals surface area (Å²) >= 11 is 0. The van der Waals surface area contributed by atoms with Crippen molar-refractivity contribution in [3.05, 3.63) is 11.8 Å². The van der Waals surface area contributed by atoms with Gasteiger partial charge in [-0.25, -0.2) is 0 Å². The van der Waals surface area contributed by atoms with E-state index >= 15 is 0 Å². The molecule has 0 saturated carbocycles. The van der Waals surface area contributed by atoms with E-state index < -0.39 is 0 Å². The molecule has 1 saturated heterocycles. The smallest absolute Gasteiger partial charge is 0.269 e. The molecule has 8 heteroatoms. The number of likely N-dealkylation sites (tertiary alicyclic amines) is 1. The summed E-state index contributed by atoms with van der Waals surface area (Å²) in [5, 5.41) is 9.19. The molecule has 2 amide bonds. The van der Waals surface area contributed by atoms with Crippen LogP contribution in [0.15, 0.2) is 6.07 Å². The van der Waals surface area contributed by atoms with Gasteiger partial charge in [0, 0.05) is 25.2 Å². The number of nitrogens with two attached hydrogens (primary N) is 2. The van der Waals surface area contributed by atoms with Crippen LogP contribution in [0.2, 0.25) is 0 Å². The van der Waals surface area contributed by atoms with Gasteiger partial charge in [0.05, 0.1) is 6.54 Å². The van der Waals surface area contributed by atoms with E-state index in [2.05, 4.69) is 15.5 Å². The molecule has 1 aromatic rings. The Kier molecular flexibility index (Phi) is 4.00. The molecular formula is C11H18N6O2. The fraction of sp³-hybridized carbons (Fsp3) is 0.545. The van der Waals surface area contributed by atoms with Gasteiger partial charge in [0.25, 0.3) is 5.91 Å². The van der Waals surface area contributed by atoms with Crippen molar-refractivity contribution >= 4 is 17.6 Å². The Bertz CT molecular complexity index is 464.